The molecule has 5 rings (SSSR count). The highest BCUT2D eigenvalue weighted by Crippen LogP contribution is 2.30. The highest BCUT2D eigenvalue weighted by atomic mass is 16.5. The molecule has 0 radical (unpaired) electrons. The van der Waals surface area contributed by atoms with E-state index in [2.05, 4.69) is 41.0 Å². The maximum atomic E-state index is 11.2. The summed E-state index contributed by atoms with van der Waals surface area (Å²) in [5.41, 5.74) is 3.77. The highest BCUT2D eigenvalue weighted by Gasteiger charge is 2.10. The van der Waals surface area contributed by atoms with E-state index in [1.54, 1.807) is 10.7 Å². The SMILES string of the molecule is CNC(=O)OCCNc1ccc2ncnc(Nc3ccc(Oc4ccn5ncnc5c4)c(C)c3)c2n1. The monoisotopic (exact) mass is 485 g/mol. The van der Waals surface area contributed by atoms with Crippen LogP contribution in [0.4, 0.5) is 22.1 Å². The number of ether oxygens (including phenoxy) is 2. The zero-order valence-corrected chi connectivity index (χ0v) is 19.6. The van der Waals surface area contributed by atoms with E-state index >= 15 is 0 Å². The summed E-state index contributed by atoms with van der Waals surface area (Å²) in [6.07, 6.45) is 4.30. The molecule has 1 amide bonds. The molecule has 4 aromatic heterocycles. The van der Waals surface area contributed by atoms with E-state index in [1.807, 2.05) is 49.4 Å². The molecule has 0 aliphatic carbocycles. The predicted octanol–water partition coefficient (Wildman–Crippen LogP) is 3.68. The number of nitrogens with zero attached hydrogens (tertiary/aromatic N) is 6. The Balaban J connectivity index is 1.30. The average molecular weight is 486 g/mol. The van der Waals surface area contributed by atoms with Crippen LogP contribution in [0.2, 0.25) is 0 Å². The van der Waals surface area contributed by atoms with E-state index in [0.717, 1.165) is 17.0 Å². The number of carbonyl (C=O) groups excluding carboxylic acids is 1. The normalized spacial score (nSPS) is 10.8. The third kappa shape index (κ3) is 5.06. The molecule has 0 bridgehead atoms. The zero-order chi connectivity index (χ0) is 24.9. The van der Waals surface area contributed by atoms with Crippen molar-refractivity contribution in [2.24, 2.45) is 0 Å². The number of alkyl carbamates (subject to hydrolysis) is 1. The lowest BCUT2D eigenvalue weighted by Gasteiger charge is -2.13. The van der Waals surface area contributed by atoms with Gasteiger partial charge in [-0.1, -0.05) is 0 Å². The summed E-state index contributed by atoms with van der Waals surface area (Å²) in [7, 11) is 1.51. The summed E-state index contributed by atoms with van der Waals surface area (Å²) >= 11 is 0. The van der Waals surface area contributed by atoms with Crippen LogP contribution in [0, 0.1) is 6.92 Å². The second kappa shape index (κ2) is 10.1. The van der Waals surface area contributed by atoms with Crippen molar-refractivity contribution in [2.75, 3.05) is 30.8 Å². The number of anilines is 3. The average Bonchev–Trinajstić information content (AvgIpc) is 3.36. The van der Waals surface area contributed by atoms with Gasteiger partial charge >= 0.3 is 6.09 Å². The Hall–Kier alpha value is -5.00. The minimum absolute atomic E-state index is 0.205. The molecule has 4 heterocycles. The van der Waals surface area contributed by atoms with Crippen LogP contribution in [0.1, 0.15) is 5.56 Å². The predicted molar refractivity (Wildman–Crippen MR) is 134 cm³/mol. The van der Waals surface area contributed by atoms with Gasteiger partial charge in [-0.2, -0.15) is 5.10 Å². The smallest absolute Gasteiger partial charge is 0.406 e. The number of amides is 1. The third-order valence-electron chi connectivity index (χ3n) is 5.24. The molecule has 12 heteroatoms. The van der Waals surface area contributed by atoms with Crippen molar-refractivity contribution in [2.45, 2.75) is 6.92 Å². The second-order valence-electron chi connectivity index (χ2n) is 7.73. The molecule has 0 aliphatic heterocycles. The van der Waals surface area contributed by atoms with Gasteiger partial charge in [0, 0.05) is 25.0 Å². The summed E-state index contributed by atoms with van der Waals surface area (Å²) < 4.78 is 12.7. The van der Waals surface area contributed by atoms with Crippen molar-refractivity contribution < 1.29 is 14.3 Å². The molecule has 0 saturated carbocycles. The van der Waals surface area contributed by atoms with Crippen molar-refractivity contribution in [3.63, 3.8) is 0 Å². The molecule has 0 spiro atoms. The summed E-state index contributed by atoms with van der Waals surface area (Å²) in [6, 6.07) is 13.1. The summed E-state index contributed by atoms with van der Waals surface area (Å²) in [6.45, 7) is 2.58. The van der Waals surface area contributed by atoms with Crippen LogP contribution in [0.25, 0.3) is 16.7 Å². The minimum atomic E-state index is -0.480. The first-order chi connectivity index (χ1) is 17.6. The van der Waals surface area contributed by atoms with Gasteiger partial charge in [0.15, 0.2) is 11.5 Å². The van der Waals surface area contributed by atoms with Gasteiger partial charge in [-0.25, -0.2) is 29.2 Å². The van der Waals surface area contributed by atoms with Crippen molar-refractivity contribution in [3.05, 3.63) is 66.9 Å². The largest absolute Gasteiger partial charge is 0.457 e. The van der Waals surface area contributed by atoms with Gasteiger partial charge in [-0.3, -0.25) is 0 Å². The second-order valence-corrected chi connectivity index (χ2v) is 7.73. The molecule has 5 aromatic rings. The van der Waals surface area contributed by atoms with Gasteiger partial charge < -0.3 is 25.4 Å². The summed E-state index contributed by atoms with van der Waals surface area (Å²) in [5, 5.41) is 12.9. The van der Waals surface area contributed by atoms with E-state index in [4.69, 9.17) is 9.47 Å². The van der Waals surface area contributed by atoms with Crippen LogP contribution >= 0.6 is 0 Å². The highest BCUT2D eigenvalue weighted by molar-refractivity contribution is 5.88. The van der Waals surface area contributed by atoms with Crippen molar-refractivity contribution in [1.29, 1.82) is 0 Å². The number of carbonyl (C=O) groups is 1. The van der Waals surface area contributed by atoms with Crippen LogP contribution in [0.15, 0.2) is 61.3 Å². The van der Waals surface area contributed by atoms with Gasteiger partial charge in [0.25, 0.3) is 0 Å². The molecule has 0 unspecified atom stereocenters. The van der Waals surface area contributed by atoms with Gasteiger partial charge in [0.1, 0.15) is 42.1 Å². The van der Waals surface area contributed by atoms with Gasteiger partial charge in [-0.15, -0.1) is 0 Å². The number of nitrogens with one attached hydrogen (secondary N) is 3. The zero-order valence-electron chi connectivity index (χ0n) is 19.6. The number of aromatic nitrogens is 6. The molecule has 12 nitrogen and oxygen atoms in total. The number of fused-ring (bicyclic) bond motifs is 2. The molecule has 3 N–H and O–H groups in total. The Kier molecular flexibility index (Phi) is 6.38. The fourth-order valence-corrected chi connectivity index (χ4v) is 3.49. The fourth-order valence-electron chi connectivity index (χ4n) is 3.49. The Morgan fingerprint density at radius 3 is 2.83 bits per heavy atom. The van der Waals surface area contributed by atoms with E-state index in [-0.39, 0.29) is 6.61 Å². The molecular formula is C24H23N9O3. The molecule has 36 heavy (non-hydrogen) atoms. The molecule has 182 valence electrons. The van der Waals surface area contributed by atoms with Gasteiger partial charge in [0.2, 0.25) is 0 Å². The van der Waals surface area contributed by atoms with Crippen molar-refractivity contribution in [1.82, 2.24) is 34.9 Å². The van der Waals surface area contributed by atoms with E-state index in [1.165, 1.54) is 19.7 Å². The first-order valence-corrected chi connectivity index (χ1v) is 11.1. The number of benzene rings is 1. The Labute approximate surface area is 205 Å². The van der Waals surface area contributed by atoms with Crippen LogP contribution in [-0.4, -0.2) is 55.8 Å². The molecule has 0 aliphatic rings. The van der Waals surface area contributed by atoms with Crippen LogP contribution in [0.5, 0.6) is 11.5 Å². The summed E-state index contributed by atoms with van der Waals surface area (Å²) in [4.78, 5) is 28.7. The molecule has 0 fully saturated rings. The van der Waals surface area contributed by atoms with Crippen LogP contribution < -0.4 is 20.7 Å². The van der Waals surface area contributed by atoms with Crippen molar-refractivity contribution >= 4 is 40.1 Å². The number of hydrogen-bond donors (Lipinski definition) is 3. The third-order valence-corrected chi connectivity index (χ3v) is 5.24. The van der Waals surface area contributed by atoms with Gasteiger partial charge in [-0.05, 0) is 48.9 Å². The quantitative estimate of drug-likeness (QED) is 0.279. The van der Waals surface area contributed by atoms with E-state index < -0.39 is 6.09 Å². The molecular weight excluding hydrogens is 462 g/mol. The number of hydrogen-bond acceptors (Lipinski definition) is 10. The Bertz CT molecular complexity index is 1540. The first-order valence-electron chi connectivity index (χ1n) is 11.1. The van der Waals surface area contributed by atoms with E-state index in [0.29, 0.717) is 40.6 Å². The van der Waals surface area contributed by atoms with Crippen LogP contribution in [0.3, 0.4) is 0 Å². The van der Waals surface area contributed by atoms with Crippen molar-refractivity contribution in [3.8, 4) is 11.5 Å². The number of pyridine rings is 2. The standard InChI is InChI=1S/C24H23N9O3/c1-15-11-16(3-5-19(15)36-17-7-9-33-21(12-17)28-14-30-33)31-23-22-18(27-13-29-23)4-6-20(32-22)26-8-10-35-24(34)25-2/h3-7,9,11-14H,8,10H2,1-2H3,(H,25,34)(H,26,32)(H,27,29,31). The lowest BCUT2D eigenvalue weighted by Crippen LogP contribution is -2.22. The van der Waals surface area contributed by atoms with Gasteiger partial charge in [0.05, 0.1) is 12.1 Å². The topological polar surface area (TPSA) is 140 Å². The maximum absolute atomic E-state index is 11.2. The Morgan fingerprint density at radius 2 is 1.97 bits per heavy atom. The van der Waals surface area contributed by atoms with Crippen LogP contribution in [-0.2, 0) is 4.74 Å². The molecule has 0 atom stereocenters. The lowest BCUT2D eigenvalue weighted by atomic mass is 10.2. The Morgan fingerprint density at radius 1 is 1.06 bits per heavy atom. The minimum Gasteiger partial charge on any atom is -0.457 e. The number of rotatable bonds is 8. The number of aryl methyl sites for hydroxylation is 1. The molecule has 1 aromatic carbocycles. The fraction of sp³-hybridized carbons (Fsp3) is 0.167. The summed E-state index contributed by atoms with van der Waals surface area (Å²) in [5.74, 6) is 2.58. The lowest BCUT2D eigenvalue weighted by molar-refractivity contribution is 0.153. The van der Waals surface area contributed by atoms with E-state index in [9.17, 15) is 4.79 Å². The first kappa shape index (κ1) is 22.8. The maximum Gasteiger partial charge on any atom is 0.406 e. The molecule has 0 saturated heterocycles.